The number of carbonyl (C=O) groups excluding carboxylic acids is 1. The largest absolute Gasteiger partial charge is 0.494 e. The van der Waals surface area contributed by atoms with Gasteiger partial charge in [-0.05, 0) is 82.2 Å². The Morgan fingerprint density at radius 3 is 2.28 bits per heavy atom. The molecular weight excluding hydrogens is 396 g/mol. The number of piperidine rings is 1. The summed E-state index contributed by atoms with van der Waals surface area (Å²) in [5.41, 5.74) is 1.70. The molecule has 32 heavy (non-hydrogen) atoms. The number of rotatable bonds is 9. The molecule has 1 aliphatic carbocycles. The Bertz CT molecular complexity index is 810. The summed E-state index contributed by atoms with van der Waals surface area (Å²) < 4.78 is 5.71. The van der Waals surface area contributed by atoms with Crippen LogP contribution in [0.2, 0.25) is 0 Å². The van der Waals surface area contributed by atoms with Crippen molar-refractivity contribution < 1.29 is 9.53 Å². The van der Waals surface area contributed by atoms with Gasteiger partial charge in [0, 0.05) is 18.0 Å². The van der Waals surface area contributed by atoms with E-state index in [-0.39, 0.29) is 11.4 Å². The van der Waals surface area contributed by atoms with Gasteiger partial charge in [-0.2, -0.15) is 0 Å². The van der Waals surface area contributed by atoms with E-state index in [4.69, 9.17) is 4.74 Å². The van der Waals surface area contributed by atoms with Crippen LogP contribution in [0.25, 0.3) is 0 Å². The van der Waals surface area contributed by atoms with Crippen molar-refractivity contribution in [3.8, 4) is 5.75 Å². The molecule has 2 aromatic carbocycles. The number of carbonyl (C=O) groups is 1. The molecular formula is C28H38N2O2. The van der Waals surface area contributed by atoms with Gasteiger partial charge in [-0.1, -0.05) is 55.0 Å². The van der Waals surface area contributed by atoms with Gasteiger partial charge in [0.2, 0.25) is 5.91 Å². The summed E-state index contributed by atoms with van der Waals surface area (Å²) in [5, 5.41) is 3.31. The number of hydrogen-bond donors (Lipinski definition) is 1. The topological polar surface area (TPSA) is 41.6 Å². The number of hydrogen-bond acceptors (Lipinski definition) is 3. The average Bonchev–Trinajstić information content (AvgIpc) is 2.85. The minimum Gasteiger partial charge on any atom is -0.494 e. The van der Waals surface area contributed by atoms with Crippen LogP contribution in [0, 0.1) is 0 Å². The number of ether oxygens (including phenoxy) is 1. The van der Waals surface area contributed by atoms with Gasteiger partial charge in [0.25, 0.3) is 0 Å². The third-order valence-electron chi connectivity index (χ3n) is 7.24. The fraction of sp³-hybridized carbons (Fsp3) is 0.536. The molecule has 172 valence electrons. The van der Waals surface area contributed by atoms with Gasteiger partial charge < -0.3 is 10.1 Å². The lowest BCUT2D eigenvalue weighted by Gasteiger charge is -2.50. The lowest BCUT2D eigenvalue weighted by atomic mass is 9.73. The molecule has 1 N–H and O–H groups in total. The van der Waals surface area contributed by atoms with Crippen molar-refractivity contribution >= 4 is 5.91 Å². The maximum Gasteiger partial charge on any atom is 0.220 e. The lowest BCUT2D eigenvalue weighted by Crippen LogP contribution is -2.56. The highest BCUT2D eigenvalue weighted by atomic mass is 16.5. The molecule has 4 nitrogen and oxygen atoms in total. The van der Waals surface area contributed by atoms with Crippen molar-refractivity contribution in [1.82, 2.24) is 10.2 Å². The summed E-state index contributed by atoms with van der Waals surface area (Å²) in [4.78, 5) is 15.3. The molecule has 2 aliphatic rings. The Kier molecular flexibility index (Phi) is 8.22. The van der Waals surface area contributed by atoms with Crippen LogP contribution in [-0.4, -0.2) is 42.1 Å². The maximum absolute atomic E-state index is 12.5. The number of likely N-dealkylation sites (tertiary alicyclic amines) is 1. The van der Waals surface area contributed by atoms with Gasteiger partial charge in [0.1, 0.15) is 5.75 Å². The Hall–Kier alpha value is -2.33. The Morgan fingerprint density at radius 2 is 1.59 bits per heavy atom. The van der Waals surface area contributed by atoms with Crippen molar-refractivity contribution in [3.63, 3.8) is 0 Å². The van der Waals surface area contributed by atoms with Crippen molar-refractivity contribution in [2.45, 2.75) is 75.8 Å². The second-order valence-corrected chi connectivity index (χ2v) is 9.54. The first kappa shape index (κ1) is 22.8. The molecule has 0 bridgehead atoms. The first-order valence-corrected chi connectivity index (χ1v) is 12.5. The molecule has 0 atom stereocenters. The van der Waals surface area contributed by atoms with Gasteiger partial charge in [-0.15, -0.1) is 0 Å². The van der Waals surface area contributed by atoms with Crippen LogP contribution in [0.15, 0.2) is 60.7 Å². The van der Waals surface area contributed by atoms with Crippen molar-refractivity contribution in [1.29, 1.82) is 0 Å². The summed E-state index contributed by atoms with van der Waals surface area (Å²) in [7, 11) is 0. The quantitative estimate of drug-likeness (QED) is 0.539. The van der Waals surface area contributed by atoms with E-state index in [0.717, 1.165) is 31.4 Å². The summed E-state index contributed by atoms with van der Waals surface area (Å²) >= 11 is 0. The predicted molar refractivity (Wildman–Crippen MR) is 130 cm³/mol. The third-order valence-corrected chi connectivity index (χ3v) is 7.24. The average molecular weight is 435 g/mol. The molecule has 4 rings (SSSR count). The Balaban J connectivity index is 1.25. The second kappa shape index (κ2) is 11.5. The zero-order valence-corrected chi connectivity index (χ0v) is 19.3. The standard InChI is InChI=1S/C28H38N2O2/c31-27(15-10-22-32-26-13-6-2-7-14-26)29-25-16-18-28(19-17-25,30-20-8-3-9-21-30)23-24-11-4-1-5-12-24/h1-2,4-7,11-14,25H,3,8-10,15-23H2,(H,29,31). The number of amides is 1. The Labute approximate surface area is 193 Å². The molecule has 1 aliphatic heterocycles. The van der Waals surface area contributed by atoms with Gasteiger partial charge in [0.15, 0.2) is 0 Å². The van der Waals surface area contributed by atoms with E-state index < -0.39 is 0 Å². The van der Waals surface area contributed by atoms with Crippen LogP contribution in [0.3, 0.4) is 0 Å². The fourth-order valence-electron chi connectivity index (χ4n) is 5.49. The lowest BCUT2D eigenvalue weighted by molar-refractivity contribution is -0.122. The molecule has 0 spiro atoms. The number of para-hydroxylation sites is 1. The van der Waals surface area contributed by atoms with E-state index in [2.05, 4.69) is 40.5 Å². The minimum atomic E-state index is 0.167. The molecule has 1 heterocycles. The van der Waals surface area contributed by atoms with E-state index in [9.17, 15) is 4.79 Å². The number of nitrogens with one attached hydrogen (secondary N) is 1. The maximum atomic E-state index is 12.5. The van der Waals surface area contributed by atoms with Crippen molar-refractivity contribution in [2.24, 2.45) is 0 Å². The zero-order valence-electron chi connectivity index (χ0n) is 19.3. The monoisotopic (exact) mass is 434 g/mol. The first-order valence-electron chi connectivity index (χ1n) is 12.5. The third kappa shape index (κ3) is 6.35. The van der Waals surface area contributed by atoms with Crippen LogP contribution in [0.1, 0.15) is 63.4 Å². The summed E-state index contributed by atoms with van der Waals surface area (Å²) in [5.74, 6) is 1.04. The highest BCUT2D eigenvalue weighted by Gasteiger charge is 2.40. The zero-order chi connectivity index (χ0) is 22.1. The van der Waals surface area contributed by atoms with E-state index >= 15 is 0 Å². The van der Waals surface area contributed by atoms with Crippen LogP contribution in [0.5, 0.6) is 5.75 Å². The first-order chi connectivity index (χ1) is 15.7. The molecule has 0 aromatic heterocycles. The summed E-state index contributed by atoms with van der Waals surface area (Å²) in [6.45, 7) is 3.04. The fourth-order valence-corrected chi connectivity index (χ4v) is 5.49. The Morgan fingerprint density at radius 1 is 0.938 bits per heavy atom. The van der Waals surface area contributed by atoms with Gasteiger partial charge in [-0.25, -0.2) is 0 Å². The molecule has 1 amide bonds. The van der Waals surface area contributed by atoms with E-state index in [1.807, 2.05) is 30.3 Å². The van der Waals surface area contributed by atoms with Crippen LogP contribution >= 0.6 is 0 Å². The molecule has 0 unspecified atom stereocenters. The van der Waals surface area contributed by atoms with E-state index in [1.54, 1.807) is 0 Å². The van der Waals surface area contributed by atoms with Crippen molar-refractivity contribution in [3.05, 3.63) is 66.2 Å². The van der Waals surface area contributed by atoms with Crippen LogP contribution in [0.4, 0.5) is 0 Å². The highest BCUT2D eigenvalue weighted by Crippen LogP contribution is 2.38. The van der Waals surface area contributed by atoms with Gasteiger partial charge >= 0.3 is 0 Å². The van der Waals surface area contributed by atoms with Crippen LogP contribution < -0.4 is 10.1 Å². The molecule has 0 radical (unpaired) electrons. The molecule has 2 aromatic rings. The molecule has 1 saturated carbocycles. The highest BCUT2D eigenvalue weighted by molar-refractivity contribution is 5.76. The molecule has 4 heteroatoms. The van der Waals surface area contributed by atoms with E-state index in [1.165, 1.54) is 50.8 Å². The smallest absolute Gasteiger partial charge is 0.220 e. The number of nitrogens with zero attached hydrogens (tertiary/aromatic N) is 1. The minimum absolute atomic E-state index is 0.167. The van der Waals surface area contributed by atoms with Crippen molar-refractivity contribution in [2.75, 3.05) is 19.7 Å². The second-order valence-electron chi connectivity index (χ2n) is 9.54. The van der Waals surface area contributed by atoms with Gasteiger partial charge in [0.05, 0.1) is 6.61 Å². The summed E-state index contributed by atoms with van der Waals surface area (Å²) in [6.07, 6.45) is 10.9. The van der Waals surface area contributed by atoms with Crippen LogP contribution in [-0.2, 0) is 11.2 Å². The SMILES string of the molecule is O=C(CCCOc1ccccc1)NC1CCC(Cc2ccccc2)(N2CCCCC2)CC1. The molecule has 1 saturated heterocycles. The predicted octanol–water partition coefficient (Wildman–Crippen LogP) is 5.37. The van der Waals surface area contributed by atoms with Gasteiger partial charge in [-0.3, -0.25) is 9.69 Å². The number of benzene rings is 2. The normalized spacial score (nSPS) is 24.1. The van der Waals surface area contributed by atoms with E-state index in [0.29, 0.717) is 19.1 Å². The molecule has 2 fully saturated rings. The summed E-state index contributed by atoms with van der Waals surface area (Å²) in [6, 6.07) is 21.1.